The van der Waals surface area contributed by atoms with Gasteiger partial charge in [0.15, 0.2) is 0 Å². The number of ether oxygens (including phenoxy) is 2. The van der Waals surface area contributed by atoms with Crippen LogP contribution in [0.5, 0.6) is 0 Å². The van der Waals surface area contributed by atoms with Crippen LogP contribution in [-0.4, -0.2) is 38.4 Å². The highest BCUT2D eigenvalue weighted by Crippen LogP contribution is 2.23. The number of carbonyl (C=O) groups excluding carboxylic acids is 2. The van der Waals surface area contributed by atoms with Gasteiger partial charge in [-0.3, -0.25) is 0 Å². The third-order valence-corrected chi connectivity index (χ3v) is 2.92. The normalized spacial score (nSPS) is 9.91. The summed E-state index contributed by atoms with van der Waals surface area (Å²) in [6.45, 7) is 10.6. The van der Waals surface area contributed by atoms with E-state index in [0.717, 1.165) is 0 Å². The fraction of sp³-hybridized carbons (Fsp3) is 0.571. The molecule has 0 saturated carbocycles. The van der Waals surface area contributed by atoms with Crippen molar-refractivity contribution in [2.24, 2.45) is 0 Å². The number of carbonyl (C=O) groups is 2. The Labute approximate surface area is 131 Å². The van der Waals surface area contributed by atoms with Crippen LogP contribution < -0.4 is 0 Å². The van der Waals surface area contributed by atoms with Crippen LogP contribution in [0, 0.1) is 0 Å². The van der Waals surface area contributed by atoms with Crippen molar-refractivity contribution in [3.05, 3.63) is 24.3 Å². The molecule has 0 atom stereocenters. The van der Waals surface area contributed by atoms with Gasteiger partial charge in [-0.25, -0.2) is 9.59 Å². The van der Waals surface area contributed by atoms with Crippen LogP contribution in [0.2, 0.25) is 0 Å². The summed E-state index contributed by atoms with van der Waals surface area (Å²) >= 11 is 0. The highest BCUT2D eigenvalue weighted by atomic mass is 31.1. The van der Waals surface area contributed by atoms with Gasteiger partial charge in [0.1, 0.15) is 13.2 Å². The van der Waals surface area contributed by atoms with Gasteiger partial charge in [-0.05, 0) is 13.8 Å². The number of hydrogen-bond acceptors (Lipinski definition) is 7. The van der Waals surface area contributed by atoms with E-state index in [-0.39, 0.29) is 26.4 Å². The largest absolute Gasteiger partial charge is 0.697 e. The SMILES string of the molecule is C=C(C)C(=O)OCCCO[P+](=O)OCCCOC(=O)C(=C)C. The molecule has 0 rings (SSSR count). The molecule has 0 heterocycles. The molecule has 0 spiro atoms. The van der Waals surface area contributed by atoms with Crippen molar-refractivity contribution in [1.82, 2.24) is 0 Å². The van der Waals surface area contributed by atoms with E-state index in [0.29, 0.717) is 24.0 Å². The highest BCUT2D eigenvalue weighted by molar-refractivity contribution is 7.33. The van der Waals surface area contributed by atoms with Gasteiger partial charge in [0.25, 0.3) is 0 Å². The van der Waals surface area contributed by atoms with E-state index in [4.69, 9.17) is 18.5 Å². The van der Waals surface area contributed by atoms with Crippen LogP contribution in [0.1, 0.15) is 26.7 Å². The van der Waals surface area contributed by atoms with Crippen LogP contribution in [0.3, 0.4) is 0 Å². The van der Waals surface area contributed by atoms with E-state index in [9.17, 15) is 14.2 Å². The predicted molar refractivity (Wildman–Crippen MR) is 80.3 cm³/mol. The van der Waals surface area contributed by atoms with Crippen molar-refractivity contribution in [1.29, 1.82) is 0 Å². The first-order chi connectivity index (χ1) is 10.3. The second kappa shape index (κ2) is 12.0. The lowest BCUT2D eigenvalue weighted by atomic mass is 10.4. The molecular weight excluding hydrogens is 311 g/mol. The number of rotatable bonds is 12. The lowest BCUT2D eigenvalue weighted by Crippen LogP contribution is -2.08. The second-order valence-electron chi connectivity index (χ2n) is 4.43. The molecule has 22 heavy (non-hydrogen) atoms. The lowest BCUT2D eigenvalue weighted by molar-refractivity contribution is -0.140. The number of esters is 2. The molecule has 0 fully saturated rings. The van der Waals surface area contributed by atoms with E-state index >= 15 is 0 Å². The van der Waals surface area contributed by atoms with Crippen molar-refractivity contribution in [3.8, 4) is 0 Å². The quantitative estimate of drug-likeness (QED) is 0.235. The Morgan fingerprint density at radius 3 is 1.50 bits per heavy atom. The minimum absolute atomic E-state index is 0.142. The Morgan fingerprint density at radius 2 is 1.18 bits per heavy atom. The van der Waals surface area contributed by atoms with Crippen molar-refractivity contribution in [2.75, 3.05) is 26.4 Å². The molecule has 0 N–H and O–H groups in total. The topological polar surface area (TPSA) is 88.1 Å². The monoisotopic (exact) mass is 333 g/mol. The summed E-state index contributed by atoms with van der Waals surface area (Å²) in [6, 6.07) is 0. The van der Waals surface area contributed by atoms with E-state index in [2.05, 4.69) is 13.2 Å². The van der Waals surface area contributed by atoms with Gasteiger partial charge in [0.2, 0.25) is 0 Å². The summed E-state index contributed by atoms with van der Waals surface area (Å²) in [5.41, 5.74) is 0.644. The molecule has 124 valence electrons. The average molecular weight is 333 g/mol. The average Bonchev–Trinajstić information content (AvgIpc) is 2.45. The van der Waals surface area contributed by atoms with Gasteiger partial charge in [0, 0.05) is 28.6 Å². The molecule has 0 aliphatic carbocycles. The van der Waals surface area contributed by atoms with Crippen molar-refractivity contribution >= 4 is 20.2 Å². The third kappa shape index (κ3) is 11.1. The standard InChI is InChI=1S/C14H22O7P/c1-11(2)13(15)18-7-5-9-20-22(17)21-10-6-8-19-14(16)12(3)4/h1,3,5-10H2,2,4H3/q+1. The first-order valence-corrected chi connectivity index (χ1v) is 7.82. The Morgan fingerprint density at radius 1 is 0.818 bits per heavy atom. The number of hydrogen-bond donors (Lipinski definition) is 0. The summed E-state index contributed by atoms with van der Waals surface area (Å²) in [7, 11) is -2.24. The van der Waals surface area contributed by atoms with Gasteiger partial charge >= 0.3 is 20.2 Å². The highest BCUT2D eigenvalue weighted by Gasteiger charge is 2.19. The summed E-state index contributed by atoms with van der Waals surface area (Å²) in [5, 5.41) is 0. The summed E-state index contributed by atoms with van der Waals surface area (Å²) < 4.78 is 30.8. The molecule has 0 aromatic rings. The Balaban J connectivity index is 3.47. The molecule has 0 aromatic carbocycles. The smallest absolute Gasteiger partial charge is 0.462 e. The minimum atomic E-state index is -2.24. The maximum Gasteiger partial charge on any atom is 0.697 e. The first kappa shape index (κ1) is 20.4. The Hall–Kier alpha value is -1.56. The lowest BCUT2D eigenvalue weighted by Gasteiger charge is -2.02. The summed E-state index contributed by atoms with van der Waals surface area (Å²) in [6.07, 6.45) is 0.805. The van der Waals surface area contributed by atoms with Crippen molar-refractivity contribution in [3.63, 3.8) is 0 Å². The van der Waals surface area contributed by atoms with Crippen LogP contribution >= 0.6 is 8.25 Å². The second-order valence-corrected chi connectivity index (χ2v) is 5.39. The van der Waals surface area contributed by atoms with Crippen LogP contribution in [0.25, 0.3) is 0 Å². The molecule has 0 unspecified atom stereocenters. The van der Waals surface area contributed by atoms with Gasteiger partial charge in [-0.1, -0.05) is 13.2 Å². The van der Waals surface area contributed by atoms with E-state index in [1.165, 1.54) is 0 Å². The fourth-order valence-corrected chi connectivity index (χ4v) is 1.64. The van der Waals surface area contributed by atoms with E-state index < -0.39 is 20.2 Å². The third-order valence-electron chi connectivity index (χ3n) is 2.13. The first-order valence-electron chi connectivity index (χ1n) is 6.73. The van der Waals surface area contributed by atoms with Gasteiger partial charge in [0.05, 0.1) is 13.2 Å². The molecule has 0 aliphatic rings. The van der Waals surface area contributed by atoms with Crippen LogP contribution in [-0.2, 0) is 32.7 Å². The zero-order valence-electron chi connectivity index (χ0n) is 13.0. The maximum atomic E-state index is 11.3. The minimum Gasteiger partial charge on any atom is -0.462 e. The van der Waals surface area contributed by atoms with E-state index in [1.54, 1.807) is 13.8 Å². The van der Waals surface area contributed by atoms with Gasteiger partial charge in [-0.2, -0.15) is 0 Å². The van der Waals surface area contributed by atoms with E-state index in [1.807, 2.05) is 0 Å². The molecule has 0 bridgehead atoms. The van der Waals surface area contributed by atoms with Crippen molar-refractivity contribution < 1.29 is 32.7 Å². The van der Waals surface area contributed by atoms with Crippen LogP contribution in [0.4, 0.5) is 0 Å². The molecule has 0 aliphatic heterocycles. The Kier molecular flexibility index (Phi) is 11.2. The molecule has 0 amide bonds. The summed E-state index contributed by atoms with van der Waals surface area (Å²) in [4.78, 5) is 22.1. The molecule has 0 saturated heterocycles. The molecule has 8 heteroatoms. The van der Waals surface area contributed by atoms with Gasteiger partial charge in [-0.15, -0.1) is 9.05 Å². The molecule has 0 aromatic heterocycles. The fourth-order valence-electron chi connectivity index (χ4n) is 1.01. The van der Waals surface area contributed by atoms with Crippen molar-refractivity contribution in [2.45, 2.75) is 26.7 Å². The molecule has 7 nitrogen and oxygen atoms in total. The summed E-state index contributed by atoms with van der Waals surface area (Å²) in [5.74, 6) is -0.935. The molecule has 0 radical (unpaired) electrons. The zero-order chi connectivity index (χ0) is 17.0. The van der Waals surface area contributed by atoms with Gasteiger partial charge < -0.3 is 9.47 Å². The molecular formula is C14H22O7P+. The predicted octanol–water partition coefficient (Wildman–Crippen LogP) is 2.70. The zero-order valence-corrected chi connectivity index (χ0v) is 13.9. The Bertz CT molecular complexity index is 393. The van der Waals surface area contributed by atoms with Crippen LogP contribution in [0.15, 0.2) is 24.3 Å². The maximum absolute atomic E-state index is 11.3.